The predicted octanol–water partition coefficient (Wildman–Crippen LogP) is 2.89. The van der Waals surface area contributed by atoms with Crippen LogP contribution in [0.4, 0.5) is 8.78 Å². The molecule has 1 fully saturated rings. The molecule has 3 rings (SSSR count). The number of hydrogen-bond donors (Lipinski definition) is 2. The van der Waals surface area contributed by atoms with Crippen molar-refractivity contribution in [2.45, 2.75) is 57.6 Å². The molecule has 4 nitrogen and oxygen atoms in total. The third kappa shape index (κ3) is 4.80. The lowest BCUT2D eigenvalue weighted by Gasteiger charge is -2.33. The van der Waals surface area contributed by atoms with Gasteiger partial charge < -0.3 is 5.32 Å². The second kappa shape index (κ2) is 7.54. The Bertz CT molecular complexity index is 596. The van der Waals surface area contributed by atoms with Crippen molar-refractivity contribution >= 4 is 11.0 Å². The third-order valence-electron chi connectivity index (χ3n) is 4.71. The predicted molar refractivity (Wildman–Crippen MR) is 93.2 cm³/mol. The average Bonchev–Trinajstić information content (AvgIpc) is 2.83. The van der Waals surface area contributed by atoms with Crippen LogP contribution in [0.3, 0.4) is 0 Å². The number of hydrogen-bond acceptors (Lipinski definition) is 3. The van der Waals surface area contributed by atoms with E-state index in [1.54, 1.807) is 6.07 Å². The van der Waals surface area contributed by atoms with E-state index in [1.165, 1.54) is 6.20 Å². The van der Waals surface area contributed by atoms with Crippen molar-refractivity contribution < 1.29 is 13.0 Å². The van der Waals surface area contributed by atoms with Crippen LogP contribution in [0.1, 0.15) is 56.9 Å². The van der Waals surface area contributed by atoms with E-state index in [1.807, 2.05) is 20.8 Å². The van der Waals surface area contributed by atoms with Crippen LogP contribution in [0.15, 0.2) is 12.3 Å². The van der Waals surface area contributed by atoms with Crippen LogP contribution in [0.25, 0.3) is 0 Å². The van der Waals surface area contributed by atoms with Crippen molar-refractivity contribution in [3.63, 3.8) is 0 Å². The van der Waals surface area contributed by atoms with Crippen molar-refractivity contribution in [3.8, 4) is 0 Å². The second-order valence-corrected chi connectivity index (χ2v) is 9.51. The van der Waals surface area contributed by atoms with Gasteiger partial charge in [0, 0.05) is 17.5 Å². The molecule has 1 atom stereocenters. The molecular weight excluding hydrogens is 332 g/mol. The Kier molecular flexibility index (Phi) is 6.09. The molecule has 0 bridgehead atoms. The van der Waals surface area contributed by atoms with E-state index in [9.17, 15) is 13.0 Å². The first-order valence-electron chi connectivity index (χ1n) is 8.26. The number of pyridine rings is 1. The quantitative estimate of drug-likeness (QED) is 0.810. The zero-order chi connectivity index (χ0) is 18.0. The van der Waals surface area contributed by atoms with Crippen LogP contribution in [-0.4, -0.2) is 27.0 Å². The molecule has 0 amide bonds. The lowest BCUT2D eigenvalue weighted by atomic mass is 9.77. The summed E-state index contributed by atoms with van der Waals surface area (Å²) in [6, 6.07) is 1.66. The molecule has 1 aliphatic heterocycles. The van der Waals surface area contributed by atoms with Crippen molar-refractivity contribution in [2.24, 2.45) is 10.6 Å². The van der Waals surface area contributed by atoms with Crippen LogP contribution in [0.5, 0.6) is 0 Å². The maximum atomic E-state index is 12.6. The molecule has 1 aliphatic carbocycles. The smallest absolute Gasteiger partial charge is 0.265 e. The zero-order valence-electron chi connectivity index (χ0n) is 14.6. The van der Waals surface area contributed by atoms with Gasteiger partial charge in [0.05, 0.1) is 15.7 Å². The van der Waals surface area contributed by atoms with E-state index in [0.29, 0.717) is 5.41 Å². The maximum absolute atomic E-state index is 12.6. The number of fused-ring (bicyclic) bond motifs is 1. The van der Waals surface area contributed by atoms with Crippen LogP contribution >= 0.6 is 0 Å². The Balaban J connectivity index is 0.000000256. The van der Waals surface area contributed by atoms with Crippen molar-refractivity contribution in [3.05, 3.63) is 29.1 Å². The fraction of sp³-hybridized carbons (Fsp3) is 0.706. The highest BCUT2D eigenvalue weighted by molar-refractivity contribution is 7.84. The second-order valence-electron chi connectivity index (χ2n) is 7.69. The summed E-state index contributed by atoms with van der Waals surface area (Å²) in [7, 11) is -1.18. The summed E-state index contributed by atoms with van der Waals surface area (Å²) in [5.41, 5.74) is 2.44. The Morgan fingerprint density at radius 3 is 2.38 bits per heavy atom. The Morgan fingerprint density at radius 1 is 1.29 bits per heavy atom. The number of alkyl halides is 2. The van der Waals surface area contributed by atoms with Gasteiger partial charge in [-0.05, 0) is 76.6 Å². The van der Waals surface area contributed by atoms with E-state index in [0.717, 1.165) is 50.0 Å². The SMILES string of the molecule is CC(C)(C)S(N)=O.FC(F)c1cnc2c(c1)CC1(CCNCC1)C2. The highest BCUT2D eigenvalue weighted by atomic mass is 32.2. The van der Waals surface area contributed by atoms with Gasteiger partial charge in [-0.2, -0.15) is 0 Å². The van der Waals surface area contributed by atoms with E-state index in [-0.39, 0.29) is 10.3 Å². The van der Waals surface area contributed by atoms with Gasteiger partial charge in [-0.3, -0.25) is 10.1 Å². The number of rotatable bonds is 1. The van der Waals surface area contributed by atoms with E-state index < -0.39 is 17.4 Å². The van der Waals surface area contributed by atoms with Gasteiger partial charge >= 0.3 is 0 Å². The van der Waals surface area contributed by atoms with Crippen LogP contribution < -0.4 is 10.5 Å². The Labute approximate surface area is 145 Å². The van der Waals surface area contributed by atoms with Crippen LogP contribution in [0, 0.1) is 5.41 Å². The van der Waals surface area contributed by atoms with Crippen LogP contribution in [0.2, 0.25) is 0 Å². The number of piperidine rings is 1. The summed E-state index contributed by atoms with van der Waals surface area (Å²) in [6.07, 6.45) is 3.09. The van der Waals surface area contributed by atoms with Gasteiger partial charge in [-0.15, -0.1) is 0 Å². The minimum atomic E-state index is -2.41. The minimum absolute atomic E-state index is 0.0646. The Hall–Kier alpha value is -0.920. The summed E-state index contributed by atoms with van der Waals surface area (Å²) in [6.45, 7) is 7.58. The van der Waals surface area contributed by atoms with Gasteiger partial charge in [-0.25, -0.2) is 13.0 Å². The summed E-state index contributed by atoms with van der Waals surface area (Å²) in [5, 5.41) is 8.39. The highest BCUT2D eigenvalue weighted by Crippen LogP contribution is 2.43. The van der Waals surface area contributed by atoms with Crippen molar-refractivity contribution in [2.75, 3.05) is 13.1 Å². The fourth-order valence-electron chi connectivity index (χ4n) is 3.12. The largest absolute Gasteiger partial charge is 0.317 e. The summed E-state index contributed by atoms with van der Waals surface area (Å²) < 4.78 is 35.3. The summed E-state index contributed by atoms with van der Waals surface area (Å²) in [5.74, 6) is 0. The van der Waals surface area contributed by atoms with Gasteiger partial charge in [0.1, 0.15) is 0 Å². The molecule has 0 radical (unpaired) electrons. The zero-order valence-corrected chi connectivity index (χ0v) is 15.4. The molecule has 1 aromatic rings. The maximum Gasteiger partial charge on any atom is 0.265 e. The first-order valence-corrected chi connectivity index (χ1v) is 9.47. The molecule has 1 aromatic heterocycles. The molecular formula is C17H27F2N3OS. The summed E-state index contributed by atoms with van der Waals surface area (Å²) >= 11 is 0. The highest BCUT2D eigenvalue weighted by Gasteiger charge is 2.39. The molecule has 24 heavy (non-hydrogen) atoms. The van der Waals surface area contributed by atoms with Gasteiger partial charge in [0.2, 0.25) is 0 Å². The molecule has 1 saturated heterocycles. The molecule has 1 spiro atoms. The summed E-state index contributed by atoms with van der Waals surface area (Å²) in [4.78, 5) is 4.23. The lowest BCUT2D eigenvalue weighted by Crippen LogP contribution is -2.37. The third-order valence-corrected chi connectivity index (χ3v) is 5.92. The number of nitrogens with two attached hydrogens (primary N) is 1. The number of nitrogens with one attached hydrogen (secondary N) is 1. The van der Waals surface area contributed by atoms with Gasteiger partial charge in [0.25, 0.3) is 6.43 Å². The first kappa shape index (κ1) is 19.4. The average molecular weight is 359 g/mol. The van der Waals surface area contributed by atoms with Crippen molar-refractivity contribution in [1.29, 1.82) is 0 Å². The molecule has 7 heteroatoms. The molecule has 0 aromatic carbocycles. The normalized spacial score (nSPS) is 20.5. The van der Waals surface area contributed by atoms with E-state index in [4.69, 9.17) is 5.14 Å². The minimum Gasteiger partial charge on any atom is -0.317 e. The monoisotopic (exact) mass is 359 g/mol. The molecule has 0 saturated carbocycles. The molecule has 2 aliphatic rings. The number of aromatic nitrogens is 1. The van der Waals surface area contributed by atoms with E-state index in [2.05, 4.69) is 10.3 Å². The molecule has 1 unspecified atom stereocenters. The van der Waals surface area contributed by atoms with Gasteiger partial charge in [0.15, 0.2) is 0 Å². The van der Waals surface area contributed by atoms with E-state index >= 15 is 0 Å². The van der Waals surface area contributed by atoms with Gasteiger partial charge in [-0.1, -0.05) is 0 Å². The molecule has 136 valence electrons. The topological polar surface area (TPSA) is 68.0 Å². The Morgan fingerprint density at radius 2 is 1.88 bits per heavy atom. The molecule has 3 N–H and O–H groups in total. The first-order chi connectivity index (χ1) is 11.1. The lowest BCUT2D eigenvalue weighted by molar-refractivity contribution is 0.151. The van der Waals surface area contributed by atoms with Crippen molar-refractivity contribution in [1.82, 2.24) is 10.3 Å². The fourth-order valence-corrected chi connectivity index (χ4v) is 3.12. The van der Waals surface area contributed by atoms with Crippen LogP contribution in [-0.2, 0) is 23.8 Å². The molecule has 2 heterocycles. The standard InChI is InChI=1S/C13H16F2N2.C4H11NOS/c14-12(15)10-5-9-6-13(1-3-16-4-2-13)7-11(9)17-8-10;1-4(2,3)7(5)6/h5,8,12,16H,1-4,6-7H2;5H2,1-3H3. The number of halogens is 2. The number of nitrogens with zero attached hydrogens (tertiary/aromatic N) is 1.